The number of esters is 1. The molecular weight excluding hydrogens is 710 g/mol. The summed E-state index contributed by atoms with van der Waals surface area (Å²) >= 11 is 16.1. The Balaban J connectivity index is 1.67. The zero-order chi connectivity index (χ0) is 30.0. The summed E-state index contributed by atoms with van der Waals surface area (Å²) in [5.41, 5.74) is 2.60. The highest BCUT2D eigenvalue weighted by Crippen LogP contribution is 2.36. The summed E-state index contributed by atoms with van der Waals surface area (Å²) in [5, 5.41) is 1.06. The lowest BCUT2D eigenvalue weighted by molar-refractivity contribution is -0.139. The van der Waals surface area contributed by atoms with Crippen molar-refractivity contribution in [2.75, 3.05) is 13.7 Å². The number of ether oxygens (including phenoxy) is 3. The van der Waals surface area contributed by atoms with Crippen LogP contribution in [-0.4, -0.2) is 24.3 Å². The summed E-state index contributed by atoms with van der Waals surface area (Å²) in [7, 11) is 1.57. The number of allylic oxidation sites excluding steroid dienone is 1. The van der Waals surface area contributed by atoms with Gasteiger partial charge in [-0.2, -0.15) is 0 Å². The fraction of sp³-hybridized carbons (Fsp3) is 0.194. The molecule has 5 rings (SSSR count). The largest absolute Gasteiger partial charge is 0.493 e. The standard InChI is InChI=1S/C31H25Cl2IN2O5S/c1-4-40-30(38)26-17(2)35-31-36(27(26)22-7-5-6-8-23(22)33)29(37)25(42-31)14-19-13-21(34)15-24(39-3)28(19)41-16-18-9-11-20(32)12-10-18/h5-15,27H,4,16H2,1-3H3/b25-14-/t27-/m1/s1. The van der Waals surface area contributed by atoms with Crippen molar-refractivity contribution in [1.82, 2.24) is 4.57 Å². The molecule has 0 N–H and O–H groups in total. The van der Waals surface area contributed by atoms with Gasteiger partial charge in [-0.3, -0.25) is 9.36 Å². The third-order valence-electron chi connectivity index (χ3n) is 6.57. The monoisotopic (exact) mass is 734 g/mol. The predicted octanol–water partition coefficient (Wildman–Crippen LogP) is 6.30. The van der Waals surface area contributed by atoms with Crippen molar-refractivity contribution in [3.8, 4) is 11.5 Å². The maximum Gasteiger partial charge on any atom is 0.338 e. The minimum absolute atomic E-state index is 0.183. The highest BCUT2D eigenvalue weighted by Gasteiger charge is 2.34. The van der Waals surface area contributed by atoms with Crippen LogP contribution in [-0.2, 0) is 16.1 Å². The number of hydrogen-bond acceptors (Lipinski definition) is 7. The Labute approximate surface area is 269 Å². The average Bonchev–Trinajstić information content (AvgIpc) is 3.26. The molecule has 0 bridgehead atoms. The van der Waals surface area contributed by atoms with Crippen LogP contribution >= 0.6 is 57.1 Å². The third-order valence-corrected chi connectivity index (χ3v) is 8.77. The van der Waals surface area contributed by atoms with E-state index in [0.717, 1.165) is 9.13 Å². The first kappa shape index (κ1) is 30.3. The second-order valence-corrected chi connectivity index (χ2v) is 12.4. The van der Waals surface area contributed by atoms with E-state index >= 15 is 0 Å². The summed E-state index contributed by atoms with van der Waals surface area (Å²) in [6.45, 7) is 3.92. The number of benzene rings is 3. The van der Waals surface area contributed by atoms with Crippen LogP contribution in [0.15, 0.2) is 81.7 Å². The molecule has 1 aromatic heterocycles. The number of fused-ring (bicyclic) bond motifs is 1. The Morgan fingerprint density at radius 2 is 1.88 bits per heavy atom. The minimum Gasteiger partial charge on any atom is -0.493 e. The van der Waals surface area contributed by atoms with Gasteiger partial charge < -0.3 is 14.2 Å². The molecule has 2 heterocycles. The number of rotatable bonds is 8. The first-order chi connectivity index (χ1) is 20.2. The molecule has 0 aliphatic carbocycles. The predicted molar refractivity (Wildman–Crippen MR) is 173 cm³/mol. The van der Waals surface area contributed by atoms with Gasteiger partial charge in [-0.1, -0.05) is 64.9 Å². The summed E-state index contributed by atoms with van der Waals surface area (Å²) in [6.07, 6.45) is 1.76. The van der Waals surface area contributed by atoms with E-state index < -0.39 is 12.0 Å². The summed E-state index contributed by atoms with van der Waals surface area (Å²) in [6, 6.07) is 17.5. The van der Waals surface area contributed by atoms with Crippen LogP contribution in [0.25, 0.3) is 6.08 Å². The van der Waals surface area contributed by atoms with Crippen molar-refractivity contribution in [3.63, 3.8) is 0 Å². The number of nitrogens with zero attached hydrogens (tertiary/aromatic N) is 2. The number of carbonyl (C=O) groups is 1. The van der Waals surface area contributed by atoms with E-state index in [4.69, 9.17) is 37.4 Å². The van der Waals surface area contributed by atoms with Crippen molar-refractivity contribution in [1.29, 1.82) is 0 Å². The normalized spacial score (nSPS) is 14.8. The maximum absolute atomic E-state index is 14.1. The molecule has 0 amide bonds. The van der Waals surface area contributed by atoms with E-state index in [1.807, 2.05) is 30.3 Å². The molecule has 0 radical (unpaired) electrons. The maximum atomic E-state index is 14.1. The Morgan fingerprint density at radius 3 is 2.57 bits per heavy atom. The third kappa shape index (κ3) is 6.15. The SMILES string of the molecule is CCOC(=O)C1=C(C)N=c2s/c(=C\c3cc(I)cc(OC)c3OCc3ccc(Cl)cc3)c(=O)n2[C@@H]1c1ccccc1Cl. The topological polar surface area (TPSA) is 79.1 Å². The number of carbonyl (C=O) groups excluding carboxylic acids is 1. The molecule has 1 aliphatic rings. The second kappa shape index (κ2) is 13.0. The van der Waals surface area contributed by atoms with Crippen LogP contribution in [0, 0.1) is 3.57 Å². The average molecular weight is 735 g/mol. The molecule has 7 nitrogen and oxygen atoms in total. The molecule has 216 valence electrons. The van der Waals surface area contributed by atoms with Crippen molar-refractivity contribution < 1.29 is 19.0 Å². The summed E-state index contributed by atoms with van der Waals surface area (Å²) in [5.74, 6) is 0.479. The van der Waals surface area contributed by atoms with Gasteiger partial charge in [0.15, 0.2) is 16.3 Å². The van der Waals surface area contributed by atoms with Gasteiger partial charge in [-0.15, -0.1) is 0 Å². The van der Waals surface area contributed by atoms with E-state index in [0.29, 0.717) is 47.7 Å². The first-order valence-electron chi connectivity index (χ1n) is 12.9. The number of methoxy groups -OCH3 is 1. The smallest absolute Gasteiger partial charge is 0.338 e. The van der Waals surface area contributed by atoms with E-state index in [1.165, 1.54) is 15.9 Å². The van der Waals surface area contributed by atoms with E-state index in [1.54, 1.807) is 57.4 Å². The van der Waals surface area contributed by atoms with Crippen LogP contribution in [0.4, 0.5) is 0 Å². The number of halogens is 3. The van der Waals surface area contributed by atoms with Gasteiger partial charge in [0.1, 0.15) is 12.6 Å². The fourth-order valence-corrected chi connectivity index (χ4v) is 6.68. The Bertz CT molecular complexity index is 1880. The molecule has 1 aliphatic heterocycles. The molecule has 0 fully saturated rings. The zero-order valence-electron chi connectivity index (χ0n) is 22.8. The zero-order valence-corrected chi connectivity index (χ0v) is 27.3. The number of aromatic nitrogens is 1. The van der Waals surface area contributed by atoms with Crippen LogP contribution < -0.4 is 24.4 Å². The molecule has 3 aromatic carbocycles. The van der Waals surface area contributed by atoms with Gasteiger partial charge in [0, 0.05) is 19.2 Å². The van der Waals surface area contributed by atoms with Crippen LogP contribution in [0.3, 0.4) is 0 Å². The molecule has 42 heavy (non-hydrogen) atoms. The van der Waals surface area contributed by atoms with Gasteiger partial charge in [-0.05, 0) is 84.0 Å². The highest BCUT2D eigenvalue weighted by atomic mass is 127. The fourth-order valence-electron chi connectivity index (χ4n) is 4.66. The number of hydrogen-bond donors (Lipinski definition) is 0. The first-order valence-corrected chi connectivity index (χ1v) is 15.6. The Kier molecular flexibility index (Phi) is 9.41. The van der Waals surface area contributed by atoms with Crippen molar-refractivity contribution in [3.05, 3.63) is 122 Å². The minimum atomic E-state index is -0.803. The highest BCUT2D eigenvalue weighted by molar-refractivity contribution is 14.1. The molecule has 0 saturated heterocycles. The quantitative estimate of drug-likeness (QED) is 0.157. The lowest BCUT2D eigenvalue weighted by Gasteiger charge is -2.25. The summed E-state index contributed by atoms with van der Waals surface area (Å²) < 4.78 is 20.1. The van der Waals surface area contributed by atoms with Gasteiger partial charge in [-0.25, -0.2) is 9.79 Å². The van der Waals surface area contributed by atoms with Crippen molar-refractivity contribution >= 4 is 69.2 Å². The van der Waals surface area contributed by atoms with Crippen LogP contribution in [0.5, 0.6) is 11.5 Å². The van der Waals surface area contributed by atoms with Crippen LogP contribution in [0.1, 0.15) is 36.6 Å². The second-order valence-electron chi connectivity index (χ2n) is 9.27. The lowest BCUT2D eigenvalue weighted by Crippen LogP contribution is -2.40. The molecule has 0 unspecified atom stereocenters. The molecule has 1 atom stereocenters. The molecule has 0 saturated carbocycles. The van der Waals surface area contributed by atoms with Gasteiger partial charge in [0.05, 0.1) is 29.5 Å². The number of thiazole rings is 1. The Hall–Kier alpha value is -3.12. The summed E-state index contributed by atoms with van der Waals surface area (Å²) in [4.78, 5) is 32.3. The van der Waals surface area contributed by atoms with Gasteiger partial charge in [0.2, 0.25) is 0 Å². The van der Waals surface area contributed by atoms with Crippen molar-refractivity contribution in [2.45, 2.75) is 26.5 Å². The van der Waals surface area contributed by atoms with E-state index in [2.05, 4.69) is 27.6 Å². The van der Waals surface area contributed by atoms with Gasteiger partial charge in [0.25, 0.3) is 5.56 Å². The molecule has 0 spiro atoms. The Morgan fingerprint density at radius 1 is 1.14 bits per heavy atom. The van der Waals surface area contributed by atoms with Gasteiger partial charge >= 0.3 is 5.97 Å². The molecular formula is C31H25Cl2IN2O5S. The van der Waals surface area contributed by atoms with Crippen molar-refractivity contribution in [2.24, 2.45) is 4.99 Å². The van der Waals surface area contributed by atoms with Crippen LogP contribution in [0.2, 0.25) is 10.0 Å². The van der Waals surface area contributed by atoms with E-state index in [9.17, 15) is 9.59 Å². The lowest BCUT2D eigenvalue weighted by atomic mass is 9.96. The molecule has 11 heteroatoms. The van der Waals surface area contributed by atoms with E-state index in [-0.39, 0.29) is 24.3 Å². The molecule has 4 aromatic rings.